The molecule has 1 atom stereocenters. The number of hydrogen-bond acceptors (Lipinski definition) is 2. The average molecular weight is 263 g/mol. The third kappa shape index (κ3) is 6.22. The van der Waals surface area contributed by atoms with Crippen molar-refractivity contribution in [1.82, 2.24) is 4.90 Å². The number of benzene rings is 1. The Kier molecular flexibility index (Phi) is 8.52. The molecule has 0 aliphatic carbocycles. The van der Waals surface area contributed by atoms with E-state index in [0.29, 0.717) is 0 Å². The molecule has 1 aromatic carbocycles. The van der Waals surface area contributed by atoms with Crippen LogP contribution in [0.5, 0.6) is 0 Å². The van der Waals surface area contributed by atoms with Crippen molar-refractivity contribution in [2.45, 2.75) is 52.0 Å². The molecule has 2 nitrogen and oxygen atoms in total. The minimum absolute atomic E-state index is 0.252. The molecule has 0 aromatic heterocycles. The fourth-order valence-electron chi connectivity index (χ4n) is 2.39. The topological polar surface area (TPSA) is 23.5 Å². The van der Waals surface area contributed by atoms with Crippen LogP contribution >= 0.6 is 0 Å². The molecule has 1 N–H and O–H groups in total. The molecular weight excluding hydrogens is 234 g/mol. The summed E-state index contributed by atoms with van der Waals surface area (Å²) >= 11 is 0. The summed E-state index contributed by atoms with van der Waals surface area (Å²) in [6.45, 7) is 6.91. The molecule has 1 rings (SSSR count). The van der Waals surface area contributed by atoms with Crippen LogP contribution in [0.3, 0.4) is 0 Å². The van der Waals surface area contributed by atoms with Gasteiger partial charge in [0, 0.05) is 6.04 Å². The van der Waals surface area contributed by atoms with Crippen molar-refractivity contribution >= 4 is 0 Å². The van der Waals surface area contributed by atoms with Gasteiger partial charge < -0.3 is 5.11 Å². The predicted molar refractivity (Wildman–Crippen MR) is 82.4 cm³/mol. The molecule has 1 aromatic rings. The number of unbranched alkanes of at least 4 members (excludes halogenated alkanes) is 2. The van der Waals surface area contributed by atoms with Gasteiger partial charge in [0.05, 0.1) is 6.61 Å². The standard InChI is InChI=1S/C17H29NO/c1-3-5-12-18(13-6-4-2)17(15-19)14-16-10-8-7-9-11-16/h7-11,17,19H,3-6,12-15H2,1-2H3. The van der Waals surface area contributed by atoms with Gasteiger partial charge in [-0.1, -0.05) is 57.0 Å². The molecule has 2 heteroatoms. The summed E-state index contributed by atoms with van der Waals surface area (Å²) < 4.78 is 0. The molecule has 0 aliphatic rings. The lowest BCUT2D eigenvalue weighted by Crippen LogP contribution is -2.40. The smallest absolute Gasteiger partial charge is 0.0590 e. The Morgan fingerprint density at radius 3 is 2.05 bits per heavy atom. The Morgan fingerprint density at radius 2 is 1.58 bits per heavy atom. The molecule has 0 amide bonds. The summed E-state index contributed by atoms with van der Waals surface area (Å²) in [7, 11) is 0. The maximum atomic E-state index is 9.71. The van der Waals surface area contributed by atoms with Gasteiger partial charge in [-0.2, -0.15) is 0 Å². The summed E-state index contributed by atoms with van der Waals surface area (Å²) in [5.41, 5.74) is 1.32. The summed E-state index contributed by atoms with van der Waals surface area (Å²) in [6, 6.07) is 10.8. The highest BCUT2D eigenvalue weighted by Gasteiger charge is 2.17. The fraction of sp³-hybridized carbons (Fsp3) is 0.647. The highest BCUT2D eigenvalue weighted by Crippen LogP contribution is 2.11. The second kappa shape index (κ2) is 9.99. The first-order chi connectivity index (χ1) is 9.31. The largest absolute Gasteiger partial charge is 0.395 e. The molecule has 108 valence electrons. The molecule has 0 heterocycles. The van der Waals surface area contributed by atoms with Crippen molar-refractivity contribution in [3.8, 4) is 0 Å². The van der Waals surface area contributed by atoms with Crippen LogP contribution in [0.2, 0.25) is 0 Å². The predicted octanol–water partition coefficient (Wildman–Crippen LogP) is 3.49. The Labute approximate surface area is 118 Å². The molecule has 0 spiro atoms. The number of aliphatic hydroxyl groups is 1. The zero-order valence-electron chi connectivity index (χ0n) is 12.5. The van der Waals surface area contributed by atoms with E-state index >= 15 is 0 Å². The van der Waals surface area contributed by atoms with Crippen LogP contribution in [-0.2, 0) is 6.42 Å². The van der Waals surface area contributed by atoms with Gasteiger partial charge in [-0.3, -0.25) is 4.90 Å². The molecule has 1 unspecified atom stereocenters. The third-order valence-corrected chi connectivity index (χ3v) is 3.64. The van der Waals surface area contributed by atoms with E-state index in [2.05, 4.69) is 43.0 Å². The van der Waals surface area contributed by atoms with E-state index in [4.69, 9.17) is 0 Å². The highest BCUT2D eigenvalue weighted by atomic mass is 16.3. The molecule has 0 radical (unpaired) electrons. The number of hydrogen-bond donors (Lipinski definition) is 1. The minimum Gasteiger partial charge on any atom is -0.395 e. The lowest BCUT2D eigenvalue weighted by molar-refractivity contribution is 0.119. The van der Waals surface area contributed by atoms with Gasteiger partial charge in [0.1, 0.15) is 0 Å². The molecule has 19 heavy (non-hydrogen) atoms. The Balaban J connectivity index is 2.60. The van der Waals surface area contributed by atoms with Crippen molar-refractivity contribution in [1.29, 1.82) is 0 Å². The number of aliphatic hydroxyl groups excluding tert-OH is 1. The van der Waals surface area contributed by atoms with E-state index < -0.39 is 0 Å². The molecule has 0 saturated carbocycles. The molecule has 0 bridgehead atoms. The summed E-state index contributed by atoms with van der Waals surface area (Å²) in [4.78, 5) is 2.47. The summed E-state index contributed by atoms with van der Waals surface area (Å²) in [6.07, 6.45) is 5.81. The van der Waals surface area contributed by atoms with Crippen molar-refractivity contribution in [2.75, 3.05) is 19.7 Å². The first kappa shape index (κ1) is 16.2. The highest BCUT2D eigenvalue weighted by molar-refractivity contribution is 5.16. The first-order valence-corrected chi connectivity index (χ1v) is 7.70. The molecule has 0 fully saturated rings. The lowest BCUT2D eigenvalue weighted by Gasteiger charge is -2.30. The zero-order valence-corrected chi connectivity index (χ0v) is 12.5. The number of rotatable bonds is 10. The fourth-order valence-corrected chi connectivity index (χ4v) is 2.39. The normalized spacial score (nSPS) is 12.8. The van der Waals surface area contributed by atoms with Crippen LogP contribution in [0.25, 0.3) is 0 Å². The van der Waals surface area contributed by atoms with E-state index in [-0.39, 0.29) is 12.6 Å². The maximum absolute atomic E-state index is 9.71. The van der Waals surface area contributed by atoms with Gasteiger partial charge in [-0.05, 0) is 37.9 Å². The van der Waals surface area contributed by atoms with Crippen molar-refractivity contribution < 1.29 is 5.11 Å². The Morgan fingerprint density at radius 1 is 1.00 bits per heavy atom. The van der Waals surface area contributed by atoms with Gasteiger partial charge in [-0.15, -0.1) is 0 Å². The van der Waals surface area contributed by atoms with Crippen LogP contribution in [-0.4, -0.2) is 35.7 Å². The second-order valence-electron chi connectivity index (χ2n) is 5.27. The van der Waals surface area contributed by atoms with Crippen LogP contribution in [0.4, 0.5) is 0 Å². The third-order valence-electron chi connectivity index (χ3n) is 3.64. The van der Waals surface area contributed by atoms with E-state index in [1.54, 1.807) is 0 Å². The quantitative estimate of drug-likeness (QED) is 0.698. The Hall–Kier alpha value is -0.860. The molecule has 0 saturated heterocycles. The van der Waals surface area contributed by atoms with E-state index in [1.807, 2.05) is 6.07 Å². The van der Waals surface area contributed by atoms with Crippen LogP contribution in [0.1, 0.15) is 45.1 Å². The van der Waals surface area contributed by atoms with Crippen LogP contribution in [0, 0.1) is 0 Å². The maximum Gasteiger partial charge on any atom is 0.0590 e. The van der Waals surface area contributed by atoms with E-state index in [9.17, 15) is 5.11 Å². The van der Waals surface area contributed by atoms with E-state index in [1.165, 1.54) is 31.2 Å². The zero-order chi connectivity index (χ0) is 13.9. The second-order valence-corrected chi connectivity index (χ2v) is 5.27. The van der Waals surface area contributed by atoms with Crippen LogP contribution in [0.15, 0.2) is 30.3 Å². The van der Waals surface area contributed by atoms with Gasteiger partial charge in [0.2, 0.25) is 0 Å². The van der Waals surface area contributed by atoms with Crippen molar-refractivity contribution in [2.24, 2.45) is 0 Å². The lowest BCUT2D eigenvalue weighted by atomic mass is 10.0. The summed E-state index contributed by atoms with van der Waals surface area (Å²) in [5, 5.41) is 9.71. The Bertz CT molecular complexity index is 304. The SMILES string of the molecule is CCCCN(CCCC)C(CO)Cc1ccccc1. The average Bonchev–Trinajstić information content (AvgIpc) is 2.46. The van der Waals surface area contributed by atoms with E-state index in [0.717, 1.165) is 19.5 Å². The molecule has 0 aliphatic heterocycles. The molecular formula is C17H29NO. The minimum atomic E-state index is 0.252. The van der Waals surface area contributed by atoms with Gasteiger partial charge in [0.25, 0.3) is 0 Å². The summed E-state index contributed by atoms with van der Waals surface area (Å²) in [5.74, 6) is 0. The van der Waals surface area contributed by atoms with Crippen molar-refractivity contribution in [3.05, 3.63) is 35.9 Å². The van der Waals surface area contributed by atoms with Gasteiger partial charge in [0.15, 0.2) is 0 Å². The van der Waals surface area contributed by atoms with Gasteiger partial charge in [-0.25, -0.2) is 0 Å². The number of nitrogens with zero attached hydrogens (tertiary/aromatic N) is 1. The van der Waals surface area contributed by atoms with Crippen molar-refractivity contribution in [3.63, 3.8) is 0 Å². The van der Waals surface area contributed by atoms with Crippen LogP contribution < -0.4 is 0 Å². The van der Waals surface area contributed by atoms with Gasteiger partial charge >= 0.3 is 0 Å². The monoisotopic (exact) mass is 263 g/mol. The first-order valence-electron chi connectivity index (χ1n) is 7.70.